The van der Waals surface area contributed by atoms with Crippen molar-refractivity contribution in [1.82, 2.24) is 19.1 Å². The molecule has 0 amide bonds. The maximum Gasteiger partial charge on any atom is 0.191 e. The number of aromatic nitrogens is 4. The third-order valence-corrected chi connectivity index (χ3v) is 2.39. The van der Waals surface area contributed by atoms with Gasteiger partial charge in [-0.1, -0.05) is 0 Å². The molecule has 0 aliphatic carbocycles. The topological polar surface area (TPSA) is 76.1 Å². The molecule has 2 unspecified atom stereocenters. The van der Waals surface area contributed by atoms with Crippen LogP contribution in [0.5, 0.6) is 0 Å². The van der Waals surface area contributed by atoms with Gasteiger partial charge in [-0.05, 0) is 0 Å². The zero-order chi connectivity index (χ0) is 9.71. The molecule has 6 nitrogen and oxygen atoms in total. The van der Waals surface area contributed by atoms with Crippen LogP contribution in [-0.4, -0.2) is 29.3 Å². The first-order valence-electron chi connectivity index (χ1n) is 4.20. The summed E-state index contributed by atoms with van der Waals surface area (Å²) < 4.78 is 2.99. The highest BCUT2D eigenvalue weighted by atomic mass is 16.3. The summed E-state index contributed by atoms with van der Waals surface area (Å²) in [5, 5.41) is 19.7. The Hall–Kier alpha value is -1.66. The minimum atomic E-state index is -0.870. The first kappa shape index (κ1) is 7.72. The minimum absolute atomic E-state index is 0.419. The van der Waals surface area contributed by atoms with Crippen molar-refractivity contribution < 1.29 is 10.2 Å². The number of aliphatic hydroxyl groups is 2. The second-order valence-electron chi connectivity index (χ2n) is 3.13. The van der Waals surface area contributed by atoms with Gasteiger partial charge < -0.3 is 10.2 Å². The van der Waals surface area contributed by atoms with E-state index in [9.17, 15) is 10.2 Å². The van der Waals surface area contributed by atoms with E-state index in [1.54, 1.807) is 12.4 Å². The van der Waals surface area contributed by atoms with Crippen LogP contribution in [0.25, 0.3) is 0 Å². The van der Waals surface area contributed by atoms with Crippen LogP contribution in [-0.2, 0) is 0 Å². The Balaban J connectivity index is 2.26. The lowest BCUT2D eigenvalue weighted by Crippen LogP contribution is -2.28. The first-order valence-corrected chi connectivity index (χ1v) is 4.20. The Labute approximate surface area is 79.1 Å². The Bertz CT molecular complexity index is 394. The van der Waals surface area contributed by atoms with Gasteiger partial charge in [-0.15, -0.1) is 0 Å². The van der Waals surface area contributed by atoms with Gasteiger partial charge in [0.25, 0.3) is 0 Å². The molecule has 0 bridgehead atoms. The SMILES string of the molecule is OC1c2nccn2C(O)c2nccn21. The van der Waals surface area contributed by atoms with Crippen LogP contribution in [0.2, 0.25) is 0 Å². The van der Waals surface area contributed by atoms with Crippen molar-refractivity contribution >= 4 is 0 Å². The van der Waals surface area contributed by atoms with E-state index >= 15 is 0 Å². The maximum absolute atomic E-state index is 9.84. The third-order valence-electron chi connectivity index (χ3n) is 2.39. The summed E-state index contributed by atoms with van der Waals surface area (Å²) >= 11 is 0. The zero-order valence-corrected chi connectivity index (χ0v) is 7.15. The quantitative estimate of drug-likeness (QED) is 0.588. The van der Waals surface area contributed by atoms with Crippen molar-refractivity contribution in [3.63, 3.8) is 0 Å². The first-order chi connectivity index (χ1) is 6.79. The summed E-state index contributed by atoms with van der Waals surface area (Å²) in [5.74, 6) is 0.839. The molecule has 2 atom stereocenters. The largest absolute Gasteiger partial charge is 0.366 e. The lowest BCUT2D eigenvalue weighted by atomic mass is 10.3. The molecule has 0 aromatic carbocycles. The zero-order valence-electron chi connectivity index (χ0n) is 7.15. The molecule has 14 heavy (non-hydrogen) atoms. The summed E-state index contributed by atoms with van der Waals surface area (Å²) in [6.07, 6.45) is 4.56. The highest BCUT2D eigenvalue weighted by molar-refractivity contribution is 5.12. The van der Waals surface area contributed by atoms with Gasteiger partial charge in [0.15, 0.2) is 24.1 Å². The van der Waals surface area contributed by atoms with E-state index < -0.39 is 12.5 Å². The number of rotatable bonds is 0. The molecule has 0 spiro atoms. The fraction of sp³-hybridized carbons (Fsp3) is 0.250. The maximum atomic E-state index is 9.84. The number of aliphatic hydroxyl groups excluding tert-OH is 2. The Morgan fingerprint density at radius 2 is 1.36 bits per heavy atom. The van der Waals surface area contributed by atoms with Gasteiger partial charge in [-0.25, -0.2) is 9.97 Å². The highest BCUT2D eigenvalue weighted by Gasteiger charge is 2.30. The predicted octanol–water partition coefficient (Wildman–Crippen LogP) is -0.529. The van der Waals surface area contributed by atoms with Gasteiger partial charge >= 0.3 is 0 Å². The fourth-order valence-corrected chi connectivity index (χ4v) is 1.71. The normalized spacial score (nSPS) is 24.4. The van der Waals surface area contributed by atoms with Crippen molar-refractivity contribution in [3.8, 4) is 0 Å². The molecule has 0 saturated carbocycles. The molecule has 6 heteroatoms. The number of fused-ring (bicyclic) bond motifs is 2. The standard InChI is InChI=1S/C8H8N4O2/c13-7-5-9-1-3-11(5)8(14)6-10-2-4-12(6)7/h1-4,7-8,13-14H. The van der Waals surface area contributed by atoms with Gasteiger partial charge in [0.1, 0.15) is 0 Å². The van der Waals surface area contributed by atoms with Gasteiger partial charge in [0, 0.05) is 24.8 Å². The van der Waals surface area contributed by atoms with Crippen molar-refractivity contribution in [2.24, 2.45) is 0 Å². The average Bonchev–Trinajstić information content (AvgIpc) is 2.82. The van der Waals surface area contributed by atoms with Gasteiger partial charge in [-0.2, -0.15) is 0 Å². The van der Waals surface area contributed by atoms with E-state index in [0.29, 0.717) is 11.6 Å². The lowest BCUT2D eigenvalue weighted by molar-refractivity contribution is 0.0536. The second kappa shape index (κ2) is 2.43. The molecule has 3 rings (SSSR count). The van der Waals surface area contributed by atoms with Crippen LogP contribution in [0.4, 0.5) is 0 Å². The molecule has 2 N–H and O–H groups in total. The van der Waals surface area contributed by atoms with Crippen LogP contribution in [0, 0.1) is 0 Å². The molecule has 72 valence electrons. The van der Waals surface area contributed by atoms with Crippen molar-refractivity contribution in [1.29, 1.82) is 0 Å². The second-order valence-corrected chi connectivity index (χ2v) is 3.13. The number of nitrogens with zero attached hydrogens (tertiary/aromatic N) is 4. The Kier molecular flexibility index (Phi) is 1.34. The van der Waals surface area contributed by atoms with Crippen LogP contribution >= 0.6 is 0 Å². The predicted molar refractivity (Wildman–Crippen MR) is 45.2 cm³/mol. The van der Waals surface area contributed by atoms with Crippen LogP contribution in [0.1, 0.15) is 24.1 Å². The molecular formula is C8H8N4O2. The van der Waals surface area contributed by atoms with E-state index in [0.717, 1.165) is 0 Å². The van der Waals surface area contributed by atoms with E-state index in [-0.39, 0.29) is 0 Å². The molecule has 1 aliphatic heterocycles. The van der Waals surface area contributed by atoms with Crippen LogP contribution in [0.15, 0.2) is 24.8 Å². The molecule has 0 radical (unpaired) electrons. The number of hydrogen-bond donors (Lipinski definition) is 2. The van der Waals surface area contributed by atoms with E-state index in [1.807, 2.05) is 0 Å². The van der Waals surface area contributed by atoms with Crippen molar-refractivity contribution in [2.45, 2.75) is 12.5 Å². The molecule has 0 saturated heterocycles. The molecular weight excluding hydrogens is 184 g/mol. The Morgan fingerprint density at radius 3 is 1.79 bits per heavy atom. The molecule has 0 fully saturated rings. The smallest absolute Gasteiger partial charge is 0.191 e. The van der Waals surface area contributed by atoms with Gasteiger partial charge in [0.2, 0.25) is 0 Å². The van der Waals surface area contributed by atoms with Crippen LogP contribution < -0.4 is 0 Å². The monoisotopic (exact) mass is 192 g/mol. The highest BCUT2D eigenvalue weighted by Crippen LogP contribution is 2.28. The summed E-state index contributed by atoms with van der Waals surface area (Å²) in [7, 11) is 0. The van der Waals surface area contributed by atoms with Gasteiger partial charge in [-0.3, -0.25) is 9.13 Å². The van der Waals surface area contributed by atoms with Gasteiger partial charge in [0.05, 0.1) is 0 Å². The average molecular weight is 192 g/mol. The molecule has 2 aromatic rings. The molecule has 3 heterocycles. The number of hydrogen-bond acceptors (Lipinski definition) is 4. The Morgan fingerprint density at radius 1 is 0.929 bits per heavy atom. The summed E-state index contributed by atoms with van der Waals surface area (Å²) in [6, 6.07) is 0. The summed E-state index contributed by atoms with van der Waals surface area (Å²) in [4.78, 5) is 7.94. The minimum Gasteiger partial charge on any atom is -0.366 e. The van der Waals surface area contributed by atoms with Crippen LogP contribution in [0.3, 0.4) is 0 Å². The molecule has 1 aliphatic rings. The summed E-state index contributed by atoms with van der Waals surface area (Å²) in [6.45, 7) is 0. The van der Waals surface area contributed by atoms with E-state index in [4.69, 9.17) is 0 Å². The fourth-order valence-electron chi connectivity index (χ4n) is 1.71. The summed E-state index contributed by atoms with van der Waals surface area (Å²) in [5.41, 5.74) is 0. The molecule has 2 aromatic heterocycles. The lowest BCUT2D eigenvalue weighted by Gasteiger charge is -2.25. The van der Waals surface area contributed by atoms with E-state index in [2.05, 4.69) is 9.97 Å². The van der Waals surface area contributed by atoms with Crippen molar-refractivity contribution in [3.05, 3.63) is 36.4 Å². The third kappa shape index (κ3) is 0.765. The van der Waals surface area contributed by atoms with Crippen molar-refractivity contribution in [2.75, 3.05) is 0 Å². The van der Waals surface area contributed by atoms with E-state index in [1.165, 1.54) is 21.5 Å². The number of imidazole rings is 2.